The topological polar surface area (TPSA) is 71.8 Å². The summed E-state index contributed by atoms with van der Waals surface area (Å²) in [5.41, 5.74) is 4.62. The molecule has 1 saturated carbocycles. The molecule has 1 fully saturated rings. The Morgan fingerprint density at radius 1 is 1.09 bits per heavy atom. The summed E-state index contributed by atoms with van der Waals surface area (Å²) in [5.74, 6) is 1.59. The largest absolute Gasteiger partial charge is 0.486 e. The average Bonchev–Trinajstić information content (AvgIpc) is 3.54. The number of furan rings is 1. The van der Waals surface area contributed by atoms with E-state index in [0.717, 1.165) is 30.4 Å². The van der Waals surface area contributed by atoms with Crippen molar-refractivity contribution in [2.24, 2.45) is 0 Å². The lowest BCUT2D eigenvalue weighted by molar-refractivity contribution is -0.132. The van der Waals surface area contributed by atoms with Gasteiger partial charge in [0.2, 0.25) is 5.91 Å². The lowest BCUT2D eigenvalue weighted by Gasteiger charge is -2.38. The highest BCUT2D eigenvalue weighted by Gasteiger charge is 2.31. The van der Waals surface area contributed by atoms with Gasteiger partial charge in [0, 0.05) is 19.0 Å². The molecule has 1 aromatic heterocycles. The summed E-state index contributed by atoms with van der Waals surface area (Å²) in [5, 5.41) is 2.93. The number of carbonyl (C=O) groups is 2. The van der Waals surface area contributed by atoms with E-state index >= 15 is 0 Å². The van der Waals surface area contributed by atoms with Crippen LogP contribution in [0.4, 0.5) is 0 Å². The van der Waals surface area contributed by atoms with Crippen LogP contribution in [0.5, 0.6) is 5.75 Å². The number of hydrogen-bond donors (Lipinski definition) is 1. The summed E-state index contributed by atoms with van der Waals surface area (Å²) >= 11 is 0. The molecule has 6 heteroatoms. The molecular weight excluding hydrogens is 428 g/mol. The lowest BCUT2D eigenvalue weighted by atomic mass is 9.87. The Morgan fingerprint density at radius 2 is 1.88 bits per heavy atom. The highest BCUT2D eigenvalue weighted by atomic mass is 16.5. The van der Waals surface area contributed by atoms with E-state index in [2.05, 4.69) is 42.6 Å². The third-order valence-corrected chi connectivity index (χ3v) is 6.54. The van der Waals surface area contributed by atoms with Gasteiger partial charge in [0.15, 0.2) is 5.76 Å². The molecule has 2 aromatic carbocycles. The van der Waals surface area contributed by atoms with Gasteiger partial charge in [0.1, 0.15) is 18.1 Å². The van der Waals surface area contributed by atoms with Crippen molar-refractivity contribution >= 4 is 11.8 Å². The maximum absolute atomic E-state index is 12.8. The highest BCUT2D eigenvalue weighted by molar-refractivity contribution is 5.91. The minimum absolute atomic E-state index is 0.137. The van der Waals surface area contributed by atoms with Crippen LogP contribution in [0.3, 0.4) is 0 Å². The van der Waals surface area contributed by atoms with E-state index in [1.165, 1.54) is 11.1 Å². The monoisotopic (exact) mass is 458 g/mol. The summed E-state index contributed by atoms with van der Waals surface area (Å²) in [4.78, 5) is 26.9. The quantitative estimate of drug-likeness (QED) is 0.544. The number of aryl methyl sites for hydroxylation is 1. The molecule has 2 heterocycles. The van der Waals surface area contributed by atoms with Crippen LogP contribution >= 0.6 is 0 Å². The van der Waals surface area contributed by atoms with E-state index in [0.29, 0.717) is 30.2 Å². The molecule has 2 amide bonds. The van der Waals surface area contributed by atoms with Crippen molar-refractivity contribution in [2.75, 3.05) is 6.54 Å². The van der Waals surface area contributed by atoms with Crippen LogP contribution in [-0.4, -0.2) is 29.3 Å². The predicted octanol–water partition coefficient (Wildman–Crippen LogP) is 4.94. The van der Waals surface area contributed by atoms with Crippen molar-refractivity contribution in [1.82, 2.24) is 10.2 Å². The third kappa shape index (κ3) is 4.72. The molecule has 0 bridgehead atoms. The highest BCUT2D eigenvalue weighted by Crippen LogP contribution is 2.37. The van der Waals surface area contributed by atoms with Crippen LogP contribution in [0.2, 0.25) is 0 Å². The molecule has 0 saturated heterocycles. The molecule has 1 N–H and O–H groups in total. The number of rotatable bonds is 7. The Hall–Kier alpha value is -3.54. The van der Waals surface area contributed by atoms with Gasteiger partial charge in [-0.05, 0) is 67.1 Å². The third-order valence-electron chi connectivity index (χ3n) is 6.54. The van der Waals surface area contributed by atoms with Crippen LogP contribution in [-0.2, 0) is 17.8 Å². The number of nitrogens with zero attached hydrogens (tertiary/aromatic N) is 1. The first-order chi connectivity index (χ1) is 16.5. The second-order valence-electron chi connectivity index (χ2n) is 9.17. The smallest absolute Gasteiger partial charge is 0.287 e. The van der Waals surface area contributed by atoms with Crippen molar-refractivity contribution in [2.45, 2.75) is 58.2 Å². The Balaban J connectivity index is 1.36. The fourth-order valence-corrected chi connectivity index (χ4v) is 4.48. The Bertz CT molecular complexity index is 1190. The van der Waals surface area contributed by atoms with Gasteiger partial charge in [-0.3, -0.25) is 9.59 Å². The minimum atomic E-state index is -0.177. The Morgan fingerprint density at radius 3 is 2.62 bits per heavy atom. The van der Waals surface area contributed by atoms with Gasteiger partial charge < -0.3 is 19.4 Å². The van der Waals surface area contributed by atoms with Gasteiger partial charge in [-0.1, -0.05) is 42.8 Å². The number of benzene rings is 2. The van der Waals surface area contributed by atoms with Gasteiger partial charge in [0.05, 0.1) is 6.04 Å². The zero-order chi connectivity index (χ0) is 23.7. The number of hydrogen-bond acceptors (Lipinski definition) is 4. The summed E-state index contributed by atoms with van der Waals surface area (Å²) < 4.78 is 11.7. The maximum atomic E-state index is 12.8. The molecule has 0 unspecified atom stereocenters. The molecule has 1 aliphatic carbocycles. The van der Waals surface area contributed by atoms with Crippen LogP contribution in [0, 0.1) is 6.92 Å². The molecule has 0 spiro atoms. The van der Waals surface area contributed by atoms with E-state index in [1.54, 1.807) is 12.1 Å². The van der Waals surface area contributed by atoms with Crippen molar-refractivity contribution < 1.29 is 18.7 Å². The van der Waals surface area contributed by atoms with Gasteiger partial charge in [-0.25, -0.2) is 0 Å². The number of carbonyl (C=O) groups excluding carboxylic acids is 2. The first kappa shape index (κ1) is 22.3. The van der Waals surface area contributed by atoms with E-state index in [9.17, 15) is 9.59 Å². The number of fused-ring (bicyclic) bond motifs is 1. The maximum Gasteiger partial charge on any atom is 0.287 e. The van der Waals surface area contributed by atoms with Crippen molar-refractivity contribution in [3.8, 4) is 5.75 Å². The predicted molar refractivity (Wildman–Crippen MR) is 129 cm³/mol. The van der Waals surface area contributed by atoms with Crippen LogP contribution < -0.4 is 10.1 Å². The molecule has 5 rings (SSSR count). The van der Waals surface area contributed by atoms with E-state index in [1.807, 2.05) is 24.0 Å². The van der Waals surface area contributed by atoms with Crippen molar-refractivity contribution in [3.05, 3.63) is 88.4 Å². The van der Waals surface area contributed by atoms with Crippen molar-refractivity contribution in [3.63, 3.8) is 0 Å². The SMILES string of the molecule is CCC(=O)N1CCc2ccc(OCc3ccc(C(=O)NC4CC4)o3)cc2[C@@H]1c1ccc(C)cc1. The zero-order valence-electron chi connectivity index (χ0n) is 19.7. The fourth-order valence-electron chi connectivity index (χ4n) is 4.48. The molecule has 1 atom stereocenters. The first-order valence-corrected chi connectivity index (χ1v) is 12.0. The van der Waals surface area contributed by atoms with Crippen molar-refractivity contribution in [1.29, 1.82) is 0 Å². The average molecular weight is 459 g/mol. The Labute approximate surface area is 199 Å². The Kier molecular flexibility index (Phi) is 6.14. The second kappa shape index (κ2) is 9.37. The van der Waals surface area contributed by atoms with Gasteiger partial charge in [-0.2, -0.15) is 0 Å². The molecule has 6 nitrogen and oxygen atoms in total. The zero-order valence-corrected chi connectivity index (χ0v) is 19.7. The molecular formula is C28H30N2O4. The van der Waals surface area contributed by atoms with Gasteiger partial charge in [-0.15, -0.1) is 0 Å². The van der Waals surface area contributed by atoms with E-state index in [4.69, 9.17) is 9.15 Å². The van der Waals surface area contributed by atoms with E-state index in [-0.39, 0.29) is 30.5 Å². The van der Waals surface area contributed by atoms with Gasteiger partial charge >= 0.3 is 0 Å². The summed E-state index contributed by atoms with van der Waals surface area (Å²) in [6, 6.07) is 18.1. The molecule has 2 aliphatic rings. The number of ether oxygens (including phenoxy) is 1. The second-order valence-corrected chi connectivity index (χ2v) is 9.17. The molecule has 3 aromatic rings. The molecule has 1 aliphatic heterocycles. The standard InChI is InChI=1S/C28H30N2O4/c1-3-26(31)30-15-14-19-8-11-22(16-24(19)27(30)20-6-4-18(2)5-7-20)33-17-23-12-13-25(34-23)28(32)29-21-9-10-21/h4-8,11-13,16,21,27H,3,9-10,14-15,17H2,1-2H3,(H,29,32)/t27-/m0/s1. The van der Waals surface area contributed by atoms with E-state index < -0.39 is 0 Å². The summed E-state index contributed by atoms with van der Waals surface area (Å²) in [7, 11) is 0. The van der Waals surface area contributed by atoms with Crippen LogP contribution in [0.15, 0.2) is 59.0 Å². The summed E-state index contributed by atoms with van der Waals surface area (Å²) in [6.45, 7) is 4.90. The lowest BCUT2D eigenvalue weighted by Crippen LogP contribution is -2.40. The first-order valence-electron chi connectivity index (χ1n) is 12.0. The normalized spacial score (nSPS) is 17.2. The summed E-state index contributed by atoms with van der Waals surface area (Å²) in [6.07, 6.45) is 3.36. The molecule has 0 radical (unpaired) electrons. The number of nitrogens with one attached hydrogen (secondary N) is 1. The molecule has 176 valence electrons. The fraction of sp³-hybridized carbons (Fsp3) is 0.357. The number of amides is 2. The molecule has 34 heavy (non-hydrogen) atoms. The van der Waals surface area contributed by atoms with Gasteiger partial charge in [0.25, 0.3) is 5.91 Å². The van der Waals surface area contributed by atoms with Crippen LogP contribution in [0.1, 0.15) is 70.8 Å². The minimum Gasteiger partial charge on any atom is -0.486 e. The van der Waals surface area contributed by atoms with Crippen LogP contribution in [0.25, 0.3) is 0 Å².